The number of halogens is 1. The van der Waals surface area contributed by atoms with Crippen LogP contribution in [0.25, 0.3) is 0 Å². The number of aliphatic hydroxyl groups excluding tert-OH is 1. The normalized spacial score (nSPS) is 25.6. The van der Waals surface area contributed by atoms with Gasteiger partial charge in [0.05, 0.1) is 6.61 Å². The molecule has 1 unspecified atom stereocenters. The quantitative estimate of drug-likeness (QED) is 0.793. The molecule has 0 aromatic carbocycles. The highest BCUT2D eigenvalue weighted by Crippen LogP contribution is 2.41. The van der Waals surface area contributed by atoms with Crippen molar-refractivity contribution in [2.24, 2.45) is 0 Å². The van der Waals surface area contributed by atoms with Crippen molar-refractivity contribution in [1.29, 1.82) is 0 Å². The Kier molecular flexibility index (Phi) is 4.67. The van der Waals surface area contributed by atoms with Crippen LogP contribution in [0.4, 0.5) is 0 Å². The van der Waals surface area contributed by atoms with Crippen molar-refractivity contribution in [3.05, 3.63) is 0 Å². The van der Waals surface area contributed by atoms with Gasteiger partial charge in [0, 0.05) is 32.2 Å². The van der Waals surface area contributed by atoms with E-state index in [1.165, 1.54) is 0 Å². The zero-order valence-corrected chi connectivity index (χ0v) is 12.7. The highest BCUT2D eigenvalue weighted by molar-refractivity contribution is 9.10. The summed E-state index contributed by atoms with van der Waals surface area (Å²) in [6.07, 6.45) is 4.06. The summed E-state index contributed by atoms with van der Waals surface area (Å²) in [5.41, 5.74) is 0. The summed E-state index contributed by atoms with van der Waals surface area (Å²) in [5.74, 6) is 0.269. The first-order valence-corrected chi connectivity index (χ1v) is 7.73. The Labute approximate surface area is 117 Å². The van der Waals surface area contributed by atoms with Gasteiger partial charge in [-0.3, -0.25) is 9.69 Å². The van der Waals surface area contributed by atoms with E-state index in [0.29, 0.717) is 0 Å². The summed E-state index contributed by atoms with van der Waals surface area (Å²) in [4.78, 5) is 16.6. The van der Waals surface area contributed by atoms with Crippen molar-refractivity contribution in [3.63, 3.8) is 0 Å². The molecule has 1 atom stereocenters. The van der Waals surface area contributed by atoms with Gasteiger partial charge in [0.2, 0.25) is 5.91 Å². The highest BCUT2D eigenvalue weighted by atomic mass is 79.9. The molecule has 2 fully saturated rings. The molecule has 2 aliphatic rings. The molecular formula is C13H23BrN2O2. The van der Waals surface area contributed by atoms with Crippen molar-refractivity contribution >= 4 is 21.8 Å². The number of carbonyl (C=O) groups is 1. The van der Waals surface area contributed by atoms with Gasteiger partial charge in [0.15, 0.2) is 0 Å². The fraction of sp³-hybridized carbons (Fsp3) is 0.923. The van der Waals surface area contributed by atoms with Crippen LogP contribution in [-0.2, 0) is 4.79 Å². The molecule has 0 aromatic heterocycles. The number of hydrogen-bond donors (Lipinski definition) is 1. The highest BCUT2D eigenvalue weighted by Gasteiger charge is 2.44. The molecule has 4 nitrogen and oxygen atoms in total. The fourth-order valence-corrected chi connectivity index (χ4v) is 3.59. The lowest BCUT2D eigenvalue weighted by Gasteiger charge is -2.43. The predicted molar refractivity (Wildman–Crippen MR) is 74.8 cm³/mol. The van der Waals surface area contributed by atoms with Crippen LogP contribution < -0.4 is 0 Å². The molecule has 18 heavy (non-hydrogen) atoms. The molecule has 0 radical (unpaired) electrons. The molecule has 1 N–H and O–H groups in total. The molecule has 104 valence electrons. The topological polar surface area (TPSA) is 43.8 Å². The molecule has 1 aliphatic heterocycles. The average molecular weight is 319 g/mol. The first-order chi connectivity index (χ1) is 8.60. The van der Waals surface area contributed by atoms with E-state index in [-0.39, 0.29) is 22.9 Å². The van der Waals surface area contributed by atoms with Crippen LogP contribution in [0.15, 0.2) is 0 Å². The summed E-state index contributed by atoms with van der Waals surface area (Å²) in [6.45, 7) is 5.67. The third-order valence-electron chi connectivity index (χ3n) is 4.33. The lowest BCUT2D eigenvalue weighted by molar-refractivity contribution is -0.137. The molecule has 2 rings (SSSR count). The zero-order valence-electron chi connectivity index (χ0n) is 11.1. The van der Waals surface area contributed by atoms with Crippen molar-refractivity contribution < 1.29 is 9.90 Å². The lowest BCUT2D eigenvalue weighted by atomic mass is 9.84. The van der Waals surface area contributed by atoms with Gasteiger partial charge in [0.1, 0.15) is 4.32 Å². The number of rotatable bonds is 4. The van der Waals surface area contributed by atoms with Crippen LogP contribution >= 0.6 is 15.9 Å². The standard InChI is InChI=1S/C13H23BrN2O2/c1-2-11(10-17)15-6-8-16(9-7-15)12(18)13(14)4-3-5-13/h11,17H,2-10H2,1H3. The van der Waals surface area contributed by atoms with E-state index in [4.69, 9.17) is 0 Å². The van der Waals surface area contributed by atoms with Crippen LogP contribution in [0.5, 0.6) is 0 Å². The SMILES string of the molecule is CCC(CO)N1CCN(C(=O)C2(Br)CCC2)CC1. The number of piperazine rings is 1. The van der Waals surface area contributed by atoms with Gasteiger partial charge < -0.3 is 10.0 Å². The smallest absolute Gasteiger partial charge is 0.239 e. The largest absolute Gasteiger partial charge is 0.395 e. The number of amides is 1. The van der Waals surface area contributed by atoms with E-state index < -0.39 is 0 Å². The third kappa shape index (κ3) is 2.73. The van der Waals surface area contributed by atoms with E-state index in [9.17, 15) is 9.90 Å². The fourth-order valence-electron chi connectivity index (χ4n) is 2.78. The summed E-state index contributed by atoms with van der Waals surface area (Å²) >= 11 is 3.60. The number of nitrogens with zero attached hydrogens (tertiary/aromatic N) is 2. The lowest BCUT2D eigenvalue weighted by Crippen LogP contribution is -2.57. The molecule has 0 aromatic rings. The Hall–Kier alpha value is -0.130. The molecule has 0 bridgehead atoms. The monoisotopic (exact) mass is 318 g/mol. The summed E-state index contributed by atoms with van der Waals surface area (Å²) < 4.78 is -0.254. The van der Waals surface area contributed by atoms with E-state index in [0.717, 1.165) is 51.9 Å². The summed E-state index contributed by atoms with van der Waals surface area (Å²) in [7, 11) is 0. The second-order valence-corrected chi connectivity index (χ2v) is 6.91. The second kappa shape index (κ2) is 5.88. The van der Waals surface area contributed by atoms with Gasteiger partial charge in [-0.25, -0.2) is 0 Å². The molecular weight excluding hydrogens is 296 g/mol. The Morgan fingerprint density at radius 3 is 2.33 bits per heavy atom. The van der Waals surface area contributed by atoms with Crippen LogP contribution in [0.3, 0.4) is 0 Å². The third-order valence-corrected chi connectivity index (χ3v) is 5.46. The van der Waals surface area contributed by atoms with Crippen LogP contribution in [0.1, 0.15) is 32.6 Å². The number of hydrogen-bond acceptors (Lipinski definition) is 3. The van der Waals surface area contributed by atoms with Gasteiger partial charge in [-0.1, -0.05) is 22.9 Å². The first-order valence-electron chi connectivity index (χ1n) is 6.94. The molecule has 1 heterocycles. The number of alkyl halides is 1. The van der Waals surface area contributed by atoms with E-state index >= 15 is 0 Å². The molecule has 1 aliphatic carbocycles. The van der Waals surface area contributed by atoms with Crippen molar-refractivity contribution in [2.45, 2.75) is 43.0 Å². The zero-order chi connectivity index (χ0) is 13.2. The molecule has 1 amide bonds. The van der Waals surface area contributed by atoms with E-state index in [1.807, 2.05) is 4.90 Å². The molecule has 1 saturated heterocycles. The van der Waals surface area contributed by atoms with E-state index in [1.54, 1.807) is 0 Å². The number of carbonyl (C=O) groups excluding carboxylic acids is 1. The molecule has 0 spiro atoms. The van der Waals surface area contributed by atoms with Gasteiger partial charge >= 0.3 is 0 Å². The predicted octanol–water partition coefficient (Wildman–Crippen LogP) is 1.22. The van der Waals surface area contributed by atoms with Gasteiger partial charge in [-0.2, -0.15) is 0 Å². The van der Waals surface area contributed by atoms with Gasteiger partial charge in [-0.15, -0.1) is 0 Å². The minimum absolute atomic E-state index is 0.215. The van der Waals surface area contributed by atoms with Crippen LogP contribution in [0, 0.1) is 0 Å². The summed E-state index contributed by atoms with van der Waals surface area (Å²) in [5, 5.41) is 9.30. The maximum Gasteiger partial charge on any atom is 0.239 e. The molecule has 5 heteroatoms. The van der Waals surface area contributed by atoms with Crippen molar-refractivity contribution in [1.82, 2.24) is 9.80 Å². The minimum Gasteiger partial charge on any atom is -0.395 e. The van der Waals surface area contributed by atoms with Crippen LogP contribution in [0.2, 0.25) is 0 Å². The second-order valence-electron chi connectivity index (χ2n) is 5.39. The van der Waals surface area contributed by atoms with Crippen LogP contribution in [-0.4, -0.2) is 64.0 Å². The van der Waals surface area contributed by atoms with Crippen molar-refractivity contribution in [2.75, 3.05) is 32.8 Å². The Bertz CT molecular complexity index is 295. The van der Waals surface area contributed by atoms with Crippen molar-refractivity contribution in [3.8, 4) is 0 Å². The summed E-state index contributed by atoms with van der Waals surface area (Å²) in [6, 6.07) is 0.254. The number of aliphatic hydroxyl groups is 1. The first kappa shape index (κ1) is 14.3. The molecule has 1 saturated carbocycles. The Morgan fingerprint density at radius 1 is 1.33 bits per heavy atom. The average Bonchev–Trinajstić information content (AvgIpc) is 2.37. The van der Waals surface area contributed by atoms with Gasteiger partial charge in [-0.05, 0) is 25.7 Å². The van der Waals surface area contributed by atoms with Gasteiger partial charge in [0.25, 0.3) is 0 Å². The maximum atomic E-state index is 12.3. The maximum absolute atomic E-state index is 12.3. The van der Waals surface area contributed by atoms with E-state index in [2.05, 4.69) is 27.8 Å². The minimum atomic E-state index is -0.254. The Morgan fingerprint density at radius 2 is 1.94 bits per heavy atom. The Balaban J connectivity index is 1.84.